The number of carbonyl (C=O) groups excluding carboxylic acids is 2. The van der Waals surface area contributed by atoms with E-state index in [0.29, 0.717) is 0 Å². The standard InChI is InChI=1S/C16H17NO4/c1-16(2)20-14(18)12(15(19)21-16)9-17-13-8-4-6-10-5-3-7-11(10)13/h4,6,8-9,17H,3,5,7H2,1-2H3. The van der Waals surface area contributed by atoms with Gasteiger partial charge in [0, 0.05) is 25.7 Å². The van der Waals surface area contributed by atoms with Crippen molar-refractivity contribution in [1.29, 1.82) is 0 Å². The number of hydrogen-bond donors (Lipinski definition) is 1. The van der Waals surface area contributed by atoms with Crippen molar-refractivity contribution < 1.29 is 19.1 Å². The van der Waals surface area contributed by atoms with Crippen LogP contribution in [0.25, 0.3) is 0 Å². The van der Waals surface area contributed by atoms with Crippen molar-refractivity contribution in [3.8, 4) is 0 Å². The van der Waals surface area contributed by atoms with E-state index in [0.717, 1.165) is 24.9 Å². The van der Waals surface area contributed by atoms with E-state index in [2.05, 4.69) is 11.4 Å². The van der Waals surface area contributed by atoms with Crippen LogP contribution in [0.2, 0.25) is 0 Å². The molecule has 1 heterocycles. The van der Waals surface area contributed by atoms with Crippen LogP contribution in [0.5, 0.6) is 0 Å². The molecule has 3 rings (SSSR count). The van der Waals surface area contributed by atoms with Gasteiger partial charge in [-0.05, 0) is 36.5 Å². The summed E-state index contributed by atoms with van der Waals surface area (Å²) in [5.41, 5.74) is 3.36. The first kappa shape index (κ1) is 13.7. The van der Waals surface area contributed by atoms with Gasteiger partial charge in [-0.1, -0.05) is 12.1 Å². The minimum absolute atomic E-state index is 0.120. The molecule has 0 saturated carbocycles. The Kier molecular flexibility index (Phi) is 3.20. The molecule has 1 aliphatic carbocycles. The number of nitrogens with one attached hydrogen (secondary N) is 1. The Morgan fingerprint density at radius 1 is 1.14 bits per heavy atom. The molecule has 5 nitrogen and oxygen atoms in total. The van der Waals surface area contributed by atoms with Crippen molar-refractivity contribution in [2.45, 2.75) is 38.9 Å². The van der Waals surface area contributed by atoms with E-state index in [1.807, 2.05) is 12.1 Å². The second-order valence-corrected chi connectivity index (χ2v) is 5.68. The summed E-state index contributed by atoms with van der Waals surface area (Å²) >= 11 is 0. The van der Waals surface area contributed by atoms with Crippen LogP contribution < -0.4 is 5.32 Å². The van der Waals surface area contributed by atoms with Gasteiger partial charge in [0.2, 0.25) is 0 Å². The van der Waals surface area contributed by atoms with Gasteiger partial charge >= 0.3 is 11.9 Å². The molecule has 1 saturated heterocycles. The molecule has 21 heavy (non-hydrogen) atoms. The predicted octanol–water partition coefficient (Wildman–Crippen LogP) is 2.31. The van der Waals surface area contributed by atoms with Crippen LogP contribution in [0.1, 0.15) is 31.4 Å². The molecular weight excluding hydrogens is 270 g/mol. The Morgan fingerprint density at radius 3 is 2.57 bits per heavy atom. The van der Waals surface area contributed by atoms with Gasteiger partial charge < -0.3 is 14.8 Å². The first-order chi connectivity index (χ1) is 9.96. The van der Waals surface area contributed by atoms with Gasteiger partial charge in [0.15, 0.2) is 5.57 Å². The fourth-order valence-corrected chi connectivity index (χ4v) is 2.68. The van der Waals surface area contributed by atoms with E-state index in [4.69, 9.17) is 9.47 Å². The summed E-state index contributed by atoms with van der Waals surface area (Å²) < 4.78 is 10.1. The normalized spacial score (nSPS) is 19.6. The molecule has 0 amide bonds. The average Bonchev–Trinajstić information content (AvgIpc) is 2.85. The first-order valence-electron chi connectivity index (χ1n) is 7.00. The Balaban J connectivity index is 1.82. The van der Waals surface area contributed by atoms with E-state index < -0.39 is 17.7 Å². The number of aryl methyl sites for hydroxylation is 1. The van der Waals surface area contributed by atoms with E-state index in [-0.39, 0.29) is 5.57 Å². The Morgan fingerprint density at radius 2 is 1.86 bits per heavy atom. The number of fused-ring (bicyclic) bond motifs is 1. The summed E-state index contributed by atoms with van der Waals surface area (Å²) in [6.07, 6.45) is 4.57. The van der Waals surface area contributed by atoms with Crippen LogP contribution >= 0.6 is 0 Å². The highest BCUT2D eigenvalue weighted by Crippen LogP contribution is 2.29. The van der Waals surface area contributed by atoms with Gasteiger partial charge in [-0.3, -0.25) is 0 Å². The largest absolute Gasteiger partial charge is 0.419 e. The zero-order valence-electron chi connectivity index (χ0n) is 12.1. The minimum atomic E-state index is -1.21. The molecule has 0 atom stereocenters. The SMILES string of the molecule is CC1(C)OC(=O)C(=CNc2cccc3c2CCC3)C(=O)O1. The Labute approximate surface area is 122 Å². The van der Waals surface area contributed by atoms with Gasteiger partial charge in [0.25, 0.3) is 5.79 Å². The maximum Gasteiger partial charge on any atom is 0.350 e. The summed E-state index contributed by atoms with van der Waals surface area (Å²) in [5, 5.41) is 3.04. The number of ether oxygens (including phenoxy) is 2. The van der Waals surface area contributed by atoms with Gasteiger partial charge in [-0.25, -0.2) is 9.59 Å². The number of cyclic esters (lactones) is 2. The summed E-state index contributed by atoms with van der Waals surface area (Å²) in [6, 6.07) is 6.00. The molecule has 0 unspecified atom stereocenters. The zero-order chi connectivity index (χ0) is 15.0. The molecule has 1 aliphatic heterocycles. The van der Waals surface area contributed by atoms with Crippen molar-refractivity contribution in [2.75, 3.05) is 5.32 Å². The summed E-state index contributed by atoms with van der Waals surface area (Å²) in [6.45, 7) is 3.05. The molecule has 0 aromatic heterocycles. The zero-order valence-corrected chi connectivity index (χ0v) is 12.1. The van der Waals surface area contributed by atoms with Crippen LogP contribution in [0.4, 0.5) is 5.69 Å². The highest BCUT2D eigenvalue weighted by atomic mass is 16.7. The smallest absolute Gasteiger partial charge is 0.350 e. The van der Waals surface area contributed by atoms with Crippen LogP contribution in [0.3, 0.4) is 0 Å². The topological polar surface area (TPSA) is 64.6 Å². The number of carbonyl (C=O) groups is 2. The van der Waals surface area contributed by atoms with E-state index in [1.54, 1.807) is 0 Å². The third-order valence-corrected chi connectivity index (χ3v) is 3.63. The maximum absolute atomic E-state index is 11.8. The molecule has 2 aliphatic rings. The molecule has 1 aromatic carbocycles. The van der Waals surface area contributed by atoms with Gasteiger partial charge in [-0.15, -0.1) is 0 Å². The second kappa shape index (κ2) is 4.91. The fraction of sp³-hybridized carbons (Fsp3) is 0.375. The van der Waals surface area contributed by atoms with Crippen molar-refractivity contribution >= 4 is 17.6 Å². The van der Waals surface area contributed by atoms with E-state index in [9.17, 15) is 9.59 Å². The average molecular weight is 287 g/mol. The molecule has 110 valence electrons. The molecule has 0 radical (unpaired) electrons. The number of esters is 2. The summed E-state index contributed by atoms with van der Waals surface area (Å²) in [5.74, 6) is -2.55. The lowest BCUT2D eigenvalue weighted by Gasteiger charge is -2.29. The van der Waals surface area contributed by atoms with Crippen LogP contribution in [0, 0.1) is 0 Å². The molecule has 1 N–H and O–H groups in total. The van der Waals surface area contributed by atoms with Crippen LogP contribution in [0.15, 0.2) is 30.0 Å². The molecule has 1 fully saturated rings. The van der Waals surface area contributed by atoms with Crippen molar-refractivity contribution in [3.63, 3.8) is 0 Å². The van der Waals surface area contributed by atoms with Gasteiger partial charge in [0.1, 0.15) is 0 Å². The van der Waals surface area contributed by atoms with E-state index in [1.165, 1.54) is 31.2 Å². The number of hydrogen-bond acceptors (Lipinski definition) is 5. The van der Waals surface area contributed by atoms with Crippen molar-refractivity contribution in [3.05, 3.63) is 41.1 Å². The van der Waals surface area contributed by atoms with E-state index >= 15 is 0 Å². The summed E-state index contributed by atoms with van der Waals surface area (Å²) in [4.78, 5) is 23.7. The van der Waals surface area contributed by atoms with Crippen molar-refractivity contribution in [1.82, 2.24) is 0 Å². The highest BCUT2D eigenvalue weighted by Gasteiger charge is 2.38. The first-order valence-corrected chi connectivity index (χ1v) is 7.00. The lowest BCUT2D eigenvalue weighted by Crippen LogP contribution is -2.42. The Hall–Kier alpha value is -2.30. The number of rotatable bonds is 2. The van der Waals surface area contributed by atoms with Gasteiger partial charge in [-0.2, -0.15) is 0 Å². The lowest BCUT2D eigenvalue weighted by molar-refractivity contribution is -0.222. The quantitative estimate of drug-likeness (QED) is 0.514. The third-order valence-electron chi connectivity index (χ3n) is 3.63. The lowest BCUT2D eigenvalue weighted by atomic mass is 10.1. The van der Waals surface area contributed by atoms with Crippen LogP contribution in [-0.4, -0.2) is 17.7 Å². The monoisotopic (exact) mass is 287 g/mol. The molecule has 5 heteroatoms. The molecule has 0 bridgehead atoms. The second-order valence-electron chi connectivity index (χ2n) is 5.68. The predicted molar refractivity (Wildman–Crippen MR) is 76.4 cm³/mol. The van der Waals surface area contributed by atoms with Crippen LogP contribution in [-0.2, 0) is 31.9 Å². The molecular formula is C16H17NO4. The Bertz CT molecular complexity index is 624. The molecule has 1 aromatic rings. The number of anilines is 1. The van der Waals surface area contributed by atoms with Gasteiger partial charge in [0.05, 0.1) is 0 Å². The highest BCUT2D eigenvalue weighted by molar-refractivity contribution is 6.15. The van der Waals surface area contributed by atoms with Crippen molar-refractivity contribution in [2.24, 2.45) is 0 Å². The minimum Gasteiger partial charge on any atom is -0.419 e. The molecule has 0 spiro atoms. The fourth-order valence-electron chi connectivity index (χ4n) is 2.68. The third kappa shape index (κ3) is 2.63. The summed E-state index contributed by atoms with van der Waals surface area (Å²) in [7, 11) is 0. The number of benzene rings is 1. The maximum atomic E-state index is 11.8.